The molecule has 0 aliphatic heterocycles. The van der Waals surface area contributed by atoms with Crippen LogP contribution in [0.5, 0.6) is 0 Å². The van der Waals surface area contributed by atoms with Gasteiger partial charge in [-0.3, -0.25) is 0 Å². The molecule has 0 saturated carbocycles. The Morgan fingerprint density at radius 2 is 1.86 bits per heavy atom. The Balaban J connectivity index is 4.12. The monoisotopic (exact) mass is 213 g/mol. The van der Waals surface area contributed by atoms with Crippen LogP contribution in [0, 0.1) is 0 Å². The second-order valence-corrected chi connectivity index (χ2v) is 3.63. The van der Waals surface area contributed by atoms with Gasteiger partial charge in [-0.05, 0) is 19.8 Å². The van der Waals surface area contributed by atoms with Crippen molar-refractivity contribution in [3.05, 3.63) is 0 Å². The molecule has 2 unspecified atom stereocenters. The summed E-state index contributed by atoms with van der Waals surface area (Å²) in [5, 5.41) is 0. The van der Waals surface area contributed by atoms with Crippen LogP contribution in [0.3, 0.4) is 0 Å². The zero-order valence-electron chi connectivity index (χ0n) is 8.82. The molecule has 0 aromatic heterocycles. The number of alkyl halides is 3. The molecule has 0 fully saturated rings. The lowest BCUT2D eigenvalue weighted by Crippen LogP contribution is -2.47. The van der Waals surface area contributed by atoms with Crippen molar-refractivity contribution >= 4 is 0 Å². The summed E-state index contributed by atoms with van der Waals surface area (Å²) in [6, 6.07) is -0.584. The van der Waals surface area contributed by atoms with Crippen LogP contribution in [0.4, 0.5) is 13.2 Å². The van der Waals surface area contributed by atoms with Crippen molar-refractivity contribution in [3.8, 4) is 0 Å². The molecule has 0 aromatic rings. The van der Waals surface area contributed by atoms with Crippen LogP contribution in [0.2, 0.25) is 0 Å². The lowest BCUT2D eigenvalue weighted by Gasteiger charge is -2.33. The van der Waals surface area contributed by atoms with E-state index in [1.807, 2.05) is 6.92 Å². The number of hydrogen-bond donors (Lipinski definition) is 1. The van der Waals surface area contributed by atoms with Crippen molar-refractivity contribution in [1.82, 2.24) is 0 Å². The number of rotatable bonds is 5. The minimum Gasteiger partial charge on any atom is -0.377 e. The predicted octanol–water partition coefficient (Wildman–Crippen LogP) is 2.47. The molecule has 0 aromatic carbocycles. The third-order valence-electron chi connectivity index (χ3n) is 2.69. The number of ether oxygens (including phenoxy) is 1. The van der Waals surface area contributed by atoms with Gasteiger partial charge in [-0.25, -0.2) is 0 Å². The fourth-order valence-electron chi connectivity index (χ4n) is 1.18. The Hall–Kier alpha value is -0.290. The van der Waals surface area contributed by atoms with Crippen molar-refractivity contribution < 1.29 is 17.9 Å². The van der Waals surface area contributed by atoms with Gasteiger partial charge < -0.3 is 10.5 Å². The van der Waals surface area contributed by atoms with Crippen LogP contribution >= 0.6 is 0 Å². The van der Waals surface area contributed by atoms with Crippen molar-refractivity contribution in [2.45, 2.75) is 50.9 Å². The van der Waals surface area contributed by atoms with Gasteiger partial charge in [0, 0.05) is 19.6 Å². The standard InChI is InChI=1S/C9H18F3NO/c1-4-8(2,14-3)7(13)5-6-9(10,11)12/h7H,4-6,13H2,1-3H3. The predicted molar refractivity (Wildman–Crippen MR) is 49.0 cm³/mol. The number of hydrogen-bond acceptors (Lipinski definition) is 2. The molecular weight excluding hydrogens is 195 g/mol. The first-order chi connectivity index (χ1) is 6.25. The molecule has 0 aliphatic rings. The van der Waals surface area contributed by atoms with E-state index in [-0.39, 0.29) is 6.42 Å². The van der Waals surface area contributed by atoms with Crippen molar-refractivity contribution in [2.24, 2.45) is 5.73 Å². The van der Waals surface area contributed by atoms with E-state index in [1.54, 1.807) is 6.92 Å². The van der Waals surface area contributed by atoms with E-state index in [9.17, 15) is 13.2 Å². The summed E-state index contributed by atoms with van der Waals surface area (Å²) in [4.78, 5) is 0. The van der Waals surface area contributed by atoms with E-state index >= 15 is 0 Å². The minimum atomic E-state index is -4.14. The fourth-order valence-corrected chi connectivity index (χ4v) is 1.18. The average Bonchev–Trinajstić information content (AvgIpc) is 2.11. The van der Waals surface area contributed by atoms with Gasteiger partial charge >= 0.3 is 6.18 Å². The van der Waals surface area contributed by atoms with Gasteiger partial charge in [0.15, 0.2) is 0 Å². The van der Waals surface area contributed by atoms with Gasteiger partial charge in [-0.2, -0.15) is 13.2 Å². The molecule has 2 N–H and O–H groups in total. The Bertz CT molecular complexity index is 166. The van der Waals surface area contributed by atoms with Crippen molar-refractivity contribution in [3.63, 3.8) is 0 Å². The van der Waals surface area contributed by atoms with Crippen LogP contribution in [0.15, 0.2) is 0 Å². The summed E-state index contributed by atoms with van der Waals surface area (Å²) in [6.07, 6.45) is -4.49. The normalized spacial score (nSPS) is 19.1. The summed E-state index contributed by atoms with van der Waals surface area (Å²) in [7, 11) is 1.47. The SMILES string of the molecule is CCC(C)(OC)C(N)CCC(F)(F)F. The minimum absolute atomic E-state index is 0.0956. The first-order valence-electron chi connectivity index (χ1n) is 4.62. The van der Waals surface area contributed by atoms with Gasteiger partial charge in [0.1, 0.15) is 0 Å². The second kappa shape index (κ2) is 4.98. The maximum absolute atomic E-state index is 11.9. The van der Waals surface area contributed by atoms with E-state index in [4.69, 9.17) is 10.5 Å². The highest BCUT2D eigenvalue weighted by atomic mass is 19.4. The Morgan fingerprint density at radius 3 is 2.14 bits per heavy atom. The third-order valence-corrected chi connectivity index (χ3v) is 2.69. The van der Waals surface area contributed by atoms with Gasteiger partial charge in [0.05, 0.1) is 5.60 Å². The summed E-state index contributed by atoms with van der Waals surface area (Å²) in [5.41, 5.74) is 4.99. The van der Waals surface area contributed by atoms with E-state index < -0.39 is 24.2 Å². The highest BCUT2D eigenvalue weighted by Crippen LogP contribution is 2.27. The maximum atomic E-state index is 11.9. The molecule has 0 radical (unpaired) electrons. The quantitative estimate of drug-likeness (QED) is 0.761. The Morgan fingerprint density at radius 1 is 1.36 bits per heavy atom. The molecule has 0 spiro atoms. The van der Waals surface area contributed by atoms with Gasteiger partial charge in [-0.15, -0.1) is 0 Å². The van der Waals surface area contributed by atoms with Crippen LogP contribution < -0.4 is 5.73 Å². The highest BCUT2D eigenvalue weighted by molar-refractivity contribution is 4.86. The topological polar surface area (TPSA) is 35.2 Å². The zero-order chi connectivity index (χ0) is 11.4. The highest BCUT2D eigenvalue weighted by Gasteiger charge is 2.34. The van der Waals surface area contributed by atoms with E-state index in [0.717, 1.165) is 0 Å². The Kier molecular flexibility index (Phi) is 4.88. The summed E-state index contributed by atoms with van der Waals surface area (Å²) in [5.74, 6) is 0. The molecular formula is C9H18F3NO. The van der Waals surface area contributed by atoms with Gasteiger partial charge in [-0.1, -0.05) is 6.92 Å². The number of methoxy groups -OCH3 is 1. The average molecular weight is 213 g/mol. The maximum Gasteiger partial charge on any atom is 0.389 e. The molecule has 86 valence electrons. The third kappa shape index (κ3) is 4.28. The number of nitrogens with two attached hydrogens (primary N) is 1. The van der Waals surface area contributed by atoms with Gasteiger partial charge in [0.2, 0.25) is 0 Å². The molecule has 5 heteroatoms. The first kappa shape index (κ1) is 13.7. The summed E-state index contributed by atoms with van der Waals surface area (Å²) < 4.78 is 40.9. The molecule has 2 atom stereocenters. The molecule has 14 heavy (non-hydrogen) atoms. The van der Waals surface area contributed by atoms with Crippen LogP contribution in [-0.2, 0) is 4.74 Å². The Labute approximate surface area is 82.6 Å². The van der Waals surface area contributed by atoms with E-state index in [1.165, 1.54) is 7.11 Å². The second-order valence-electron chi connectivity index (χ2n) is 3.63. The van der Waals surface area contributed by atoms with Gasteiger partial charge in [0.25, 0.3) is 0 Å². The molecule has 0 bridgehead atoms. The molecule has 2 nitrogen and oxygen atoms in total. The molecule has 0 heterocycles. The van der Waals surface area contributed by atoms with E-state index in [0.29, 0.717) is 6.42 Å². The van der Waals surface area contributed by atoms with E-state index in [2.05, 4.69) is 0 Å². The molecule has 0 aliphatic carbocycles. The smallest absolute Gasteiger partial charge is 0.377 e. The van der Waals surface area contributed by atoms with Crippen LogP contribution in [0.25, 0.3) is 0 Å². The summed E-state index contributed by atoms with van der Waals surface area (Å²) >= 11 is 0. The molecule has 0 saturated heterocycles. The molecule has 0 rings (SSSR count). The van der Waals surface area contributed by atoms with Crippen LogP contribution in [-0.4, -0.2) is 24.9 Å². The molecule has 0 amide bonds. The van der Waals surface area contributed by atoms with Crippen LogP contribution in [0.1, 0.15) is 33.1 Å². The first-order valence-corrected chi connectivity index (χ1v) is 4.62. The zero-order valence-corrected chi connectivity index (χ0v) is 8.82. The van der Waals surface area contributed by atoms with Crippen molar-refractivity contribution in [1.29, 1.82) is 0 Å². The largest absolute Gasteiger partial charge is 0.389 e. The fraction of sp³-hybridized carbons (Fsp3) is 1.00. The summed E-state index contributed by atoms with van der Waals surface area (Å²) in [6.45, 7) is 3.57. The lowest BCUT2D eigenvalue weighted by atomic mass is 9.90. The lowest BCUT2D eigenvalue weighted by molar-refractivity contribution is -0.140. The van der Waals surface area contributed by atoms with Crippen molar-refractivity contribution in [2.75, 3.05) is 7.11 Å². The number of halogens is 3.